The highest BCUT2D eigenvalue weighted by Gasteiger charge is 2.39. The summed E-state index contributed by atoms with van der Waals surface area (Å²) in [5, 5.41) is 9.73. The molecule has 226 valence electrons. The minimum absolute atomic E-state index is 0.000876. The van der Waals surface area contributed by atoms with Crippen LogP contribution < -0.4 is 16.4 Å². The first-order valence-corrected chi connectivity index (χ1v) is 13.4. The second-order valence-electron chi connectivity index (χ2n) is 9.82. The van der Waals surface area contributed by atoms with Crippen LogP contribution in [0.3, 0.4) is 0 Å². The average molecular weight is 618 g/mol. The molecule has 4 aromatic rings. The van der Waals surface area contributed by atoms with Gasteiger partial charge in [0.05, 0.1) is 46.5 Å². The Labute approximate surface area is 248 Å². The van der Waals surface area contributed by atoms with E-state index in [0.29, 0.717) is 31.9 Å². The monoisotopic (exact) mass is 617 g/mol. The molecule has 0 spiro atoms. The molecule has 1 atom stereocenters. The summed E-state index contributed by atoms with van der Waals surface area (Å²) in [6.45, 7) is 2.02. The molecule has 12 nitrogen and oxygen atoms in total. The van der Waals surface area contributed by atoms with Crippen LogP contribution in [0.4, 0.5) is 24.5 Å². The molecule has 1 fully saturated rings. The summed E-state index contributed by atoms with van der Waals surface area (Å²) < 4.78 is 49.2. The van der Waals surface area contributed by atoms with Crippen LogP contribution in [0, 0.1) is 0 Å². The van der Waals surface area contributed by atoms with Gasteiger partial charge >= 0.3 is 6.18 Å². The number of carbonyl (C=O) groups excluding carboxylic acids is 2. The largest absolute Gasteiger partial charge is 0.435 e. The highest BCUT2D eigenvalue weighted by atomic mass is 35.5. The van der Waals surface area contributed by atoms with Crippen LogP contribution in [0.2, 0.25) is 5.02 Å². The van der Waals surface area contributed by atoms with Crippen molar-refractivity contribution >= 4 is 34.8 Å². The summed E-state index contributed by atoms with van der Waals surface area (Å²) in [6, 6.07) is 7.37. The third-order valence-corrected chi connectivity index (χ3v) is 7.14. The van der Waals surface area contributed by atoms with E-state index < -0.39 is 17.8 Å². The van der Waals surface area contributed by atoms with Gasteiger partial charge in [-0.1, -0.05) is 11.6 Å². The number of anilines is 2. The molecule has 1 aliphatic heterocycles. The minimum Gasteiger partial charge on any atom is -0.397 e. The number of pyridine rings is 1. The van der Waals surface area contributed by atoms with Crippen LogP contribution >= 0.6 is 11.6 Å². The predicted molar refractivity (Wildman–Crippen MR) is 152 cm³/mol. The average Bonchev–Trinajstić information content (AvgIpc) is 3.57. The fourth-order valence-corrected chi connectivity index (χ4v) is 5.00. The molecule has 0 radical (unpaired) electrons. The zero-order chi connectivity index (χ0) is 30.9. The molecule has 0 aliphatic carbocycles. The lowest BCUT2D eigenvalue weighted by molar-refractivity contribution is -0.140. The topological polar surface area (TPSA) is 145 Å². The van der Waals surface area contributed by atoms with Gasteiger partial charge in [-0.2, -0.15) is 18.3 Å². The summed E-state index contributed by atoms with van der Waals surface area (Å²) in [6.07, 6.45) is -1.19. The molecule has 16 heteroatoms. The minimum atomic E-state index is -4.80. The SMILES string of the molecule is COCC1CN(C(=O)c2ccc(NC(=O)c3ncc(-c4cn(-c5ccc(N)cn5)nc4C(F)(F)F)n3C)cc2Cl)CCN1. The van der Waals surface area contributed by atoms with Gasteiger partial charge in [-0.3, -0.25) is 9.59 Å². The van der Waals surface area contributed by atoms with Crippen LogP contribution in [0.15, 0.2) is 48.9 Å². The lowest BCUT2D eigenvalue weighted by atomic mass is 10.1. The van der Waals surface area contributed by atoms with Crippen molar-refractivity contribution < 1.29 is 27.5 Å². The molecule has 4 N–H and O–H groups in total. The van der Waals surface area contributed by atoms with Gasteiger partial charge in [0.25, 0.3) is 11.8 Å². The van der Waals surface area contributed by atoms with Gasteiger partial charge in [0.15, 0.2) is 17.3 Å². The third-order valence-electron chi connectivity index (χ3n) is 6.82. The molecule has 0 saturated carbocycles. The van der Waals surface area contributed by atoms with E-state index in [1.807, 2.05) is 0 Å². The Hall–Kier alpha value is -4.47. The number of hydrogen-bond acceptors (Lipinski definition) is 8. The van der Waals surface area contributed by atoms with Crippen LogP contribution in [-0.2, 0) is 18.0 Å². The normalized spacial score (nSPS) is 15.5. The number of nitrogen functional groups attached to an aromatic ring is 1. The number of halogens is 4. The molecule has 43 heavy (non-hydrogen) atoms. The number of benzene rings is 1. The molecule has 3 aromatic heterocycles. The second kappa shape index (κ2) is 12.0. The van der Waals surface area contributed by atoms with E-state index in [2.05, 4.69) is 25.7 Å². The van der Waals surface area contributed by atoms with Crippen LogP contribution in [-0.4, -0.2) is 80.4 Å². The molecule has 1 saturated heterocycles. The molecule has 1 unspecified atom stereocenters. The quantitative estimate of drug-likeness (QED) is 0.287. The molecule has 0 bridgehead atoms. The summed E-state index contributed by atoms with van der Waals surface area (Å²) in [7, 11) is 3.00. The van der Waals surface area contributed by atoms with E-state index in [4.69, 9.17) is 22.1 Å². The number of aromatic nitrogens is 5. The number of carbonyl (C=O) groups is 2. The van der Waals surface area contributed by atoms with Crippen LogP contribution in [0.25, 0.3) is 17.1 Å². The van der Waals surface area contributed by atoms with E-state index >= 15 is 0 Å². The highest BCUT2D eigenvalue weighted by Crippen LogP contribution is 2.37. The Morgan fingerprint density at radius 2 is 2.00 bits per heavy atom. The van der Waals surface area contributed by atoms with E-state index in [1.54, 1.807) is 12.0 Å². The number of nitrogens with one attached hydrogen (secondary N) is 2. The number of nitrogens with zero attached hydrogens (tertiary/aromatic N) is 6. The second-order valence-corrected chi connectivity index (χ2v) is 10.2. The van der Waals surface area contributed by atoms with Crippen molar-refractivity contribution in [1.29, 1.82) is 0 Å². The van der Waals surface area contributed by atoms with Crippen molar-refractivity contribution in [2.24, 2.45) is 7.05 Å². The number of methoxy groups -OCH3 is 1. The summed E-state index contributed by atoms with van der Waals surface area (Å²) in [5.74, 6) is -0.997. The summed E-state index contributed by atoms with van der Waals surface area (Å²) in [4.78, 5) is 35.9. The number of piperazine rings is 1. The van der Waals surface area contributed by atoms with Gasteiger partial charge < -0.3 is 30.6 Å². The zero-order valence-electron chi connectivity index (χ0n) is 23.0. The van der Waals surface area contributed by atoms with E-state index in [9.17, 15) is 22.8 Å². The number of amides is 2. The first-order valence-electron chi connectivity index (χ1n) is 13.0. The number of imidazole rings is 1. The Kier molecular flexibility index (Phi) is 8.39. The standard InChI is InChI=1S/C27H27ClF3N9O3/c1-38-21(19-13-40(37-23(19)27(29,30)31)22-6-3-15(32)10-34-22)11-35-24(38)25(41)36-16-4-5-18(20(28)9-16)26(42)39-8-7-33-17(12-39)14-43-2/h3-6,9-11,13,17,33H,7-8,12,14,32H2,1-2H3,(H,36,41). The van der Waals surface area contributed by atoms with E-state index in [-0.39, 0.29) is 51.1 Å². The van der Waals surface area contributed by atoms with Crippen molar-refractivity contribution in [2.75, 3.05) is 44.4 Å². The Bertz CT molecular complexity index is 1650. The van der Waals surface area contributed by atoms with Crippen molar-refractivity contribution in [3.05, 3.63) is 71.0 Å². The number of ether oxygens (including phenoxy) is 1. The first-order chi connectivity index (χ1) is 20.5. The Morgan fingerprint density at radius 3 is 2.67 bits per heavy atom. The maximum atomic E-state index is 13.9. The van der Waals surface area contributed by atoms with Gasteiger partial charge in [0, 0.05) is 51.7 Å². The maximum Gasteiger partial charge on any atom is 0.435 e. The molecule has 1 aliphatic rings. The van der Waals surface area contributed by atoms with Crippen molar-refractivity contribution in [3.63, 3.8) is 0 Å². The number of nitrogens with two attached hydrogens (primary N) is 1. The summed E-state index contributed by atoms with van der Waals surface area (Å²) in [5.41, 5.74) is 5.03. The number of hydrogen-bond donors (Lipinski definition) is 3. The Balaban J connectivity index is 1.35. The van der Waals surface area contributed by atoms with Gasteiger partial charge in [0.2, 0.25) is 0 Å². The molecular formula is C27H27ClF3N9O3. The van der Waals surface area contributed by atoms with E-state index in [1.165, 1.54) is 48.1 Å². The zero-order valence-corrected chi connectivity index (χ0v) is 23.8. The summed E-state index contributed by atoms with van der Waals surface area (Å²) >= 11 is 6.42. The Morgan fingerprint density at radius 1 is 1.21 bits per heavy atom. The predicted octanol–water partition coefficient (Wildman–Crippen LogP) is 3.23. The third kappa shape index (κ3) is 6.33. The first kappa shape index (κ1) is 30.0. The van der Waals surface area contributed by atoms with Gasteiger partial charge in [-0.25, -0.2) is 14.6 Å². The number of alkyl halides is 3. The van der Waals surface area contributed by atoms with E-state index in [0.717, 1.165) is 17.1 Å². The van der Waals surface area contributed by atoms with Crippen molar-refractivity contribution in [2.45, 2.75) is 12.2 Å². The maximum absolute atomic E-state index is 13.9. The molecular weight excluding hydrogens is 591 g/mol. The molecule has 2 amide bonds. The van der Waals surface area contributed by atoms with Crippen LogP contribution in [0.5, 0.6) is 0 Å². The fraction of sp³-hybridized carbons (Fsp3) is 0.296. The van der Waals surface area contributed by atoms with Crippen LogP contribution in [0.1, 0.15) is 26.7 Å². The molecule has 5 rings (SSSR count). The molecule has 4 heterocycles. The van der Waals surface area contributed by atoms with Gasteiger partial charge in [-0.05, 0) is 30.3 Å². The lowest BCUT2D eigenvalue weighted by Gasteiger charge is -2.33. The van der Waals surface area contributed by atoms with Crippen molar-refractivity contribution in [3.8, 4) is 17.1 Å². The smallest absolute Gasteiger partial charge is 0.397 e. The number of rotatable bonds is 7. The van der Waals surface area contributed by atoms with Gasteiger partial charge in [-0.15, -0.1) is 0 Å². The van der Waals surface area contributed by atoms with Crippen molar-refractivity contribution in [1.82, 2.24) is 34.5 Å². The fourth-order valence-electron chi connectivity index (χ4n) is 4.74. The highest BCUT2D eigenvalue weighted by molar-refractivity contribution is 6.34. The molecule has 1 aromatic carbocycles. The van der Waals surface area contributed by atoms with Gasteiger partial charge in [0.1, 0.15) is 0 Å². The lowest BCUT2D eigenvalue weighted by Crippen LogP contribution is -2.54.